The zero-order chi connectivity index (χ0) is 18.1. The lowest BCUT2D eigenvalue weighted by atomic mass is 10.3. The van der Waals surface area contributed by atoms with E-state index >= 15 is 0 Å². The first-order valence-corrected chi connectivity index (χ1v) is 11.7. The molecule has 0 amide bonds. The second-order valence-corrected chi connectivity index (χ2v) is 10.5. The Hall–Kier alpha value is -1.66. The van der Waals surface area contributed by atoms with Crippen LogP contribution in [0.1, 0.15) is 0 Å². The minimum Gasteiger partial charge on any atom is -0.279 e. The number of anilines is 2. The first kappa shape index (κ1) is 18.1. The highest BCUT2D eigenvalue weighted by Crippen LogP contribution is 2.26. The largest absolute Gasteiger partial charge is 0.279 e. The van der Waals surface area contributed by atoms with Crippen molar-refractivity contribution in [3.63, 3.8) is 0 Å². The van der Waals surface area contributed by atoms with Gasteiger partial charge in [0.05, 0.1) is 9.92 Å². The summed E-state index contributed by atoms with van der Waals surface area (Å²) in [7, 11) is -7.56. The molecule has 0 aliphatic carbocycles. The van der Waals surface area contributed by atoms with E-state index < -0.39 is 20.0 Å². The average molecular weight is 436 g/mol. The Morgan fingerprint density at radius 1 is 0.960 bits per heavy atom. The molecule has 3 aromatic rings. The Balaban J connectivity index is 1.78. The van der Waals surface area contributed by atoms with Gasteiger partial charge in [0, 0.05) is 22.6 Å². The van der Waals surface area contributed by atoms with Crippen molar-refractivity contribution in [3.05, 3.63) is 52.3 Å². The van der Waals surface area contributed by atoms with Crippen LogP contribution in [0.15, 0.2) is 56.4 Å². The Kier molecular flexibility index (Phi) is 5.02. The number of nitrogens with zero attached hydrogens (tertiary/aromatic N) is 1. The normalized spacial score (nSPS) is 12.0. The molecule has 0 aliphatic heterocycles. The summed E-state index contributed by atoms with van der Waals surface area (Å²) in [4.78, 5) is 3.85. The van der Waals surface area contributed by atoms with Gasteiger partial charge in [-0.3, -0.25) is 9.44 Å². The quantitative estimate of drug-likeness (QED) is 0.616. The molecule has 7 nitrogen and oxygen atoms in total. The maximum Gasteiger partial charge on any atom is 0.271 e. The molecule has 0 saturated heterocycles. The molecule has 3 rings (SSSR count). The number of sulfonamides is 2. The number of thiophene rings is 1. The highest BCUT2D eigenvalue weighted by molar-refractivity contribution is 7.94. The van der Waals surface area contributed by atoms with E-state index in [0.717, 1.165) is 22.7 Å². The average Bonchev–Trinajstić information content (AvgIpc) is 3.19. The van der Waals surface area contributed by atoms with E-state index in [-0.39, 0.29) is 19.9 Å². The Bertz CT molecular complexity index is 1070. The fourth-order valence-electron chi connectivity index (χ4n) is 1.79. The molecule has 2 aromatic heterocycles. The molecule has 0 spiro atoms. The molecule has 0 radical (unpaired) electrons. The molecular weight excluding hydrogens is 426 g/mol. The summed E-state index contributed by atoms with van der Waals surface area (Å²) in [6, 6.07) is 6.67. The van der Waals surface area contributed by atoms with Crippen molar-refractivity contribution in [1.82, 2.24) is 4.98 Å². The van der Waals surface area contributed by atoms with E-state index in [1.165, 1.54) is 41.9 Å². The second kappa shape index (κ2) is 6.92. The first-order valence-electron chi connectivity index (χ1n) is 6.55. The Morgan fingerprint density at radius 2 is 1.68 bits per heavy atom. The molecule has 2 N–H and O–H groups in total. The number of halogens is 1. The van der Waals surface area contributed by atoms with E-state index in [9.17, 15) is 16.8 Å². The van der Waals surface area contributed by atoms with Gasteiger partial charge < -0.3 is 0 Å². The SMILES string of the molecule is O=S(=O)(Nc1nccs1)c1ccc(NS(=O)(=O)c2cc(Cl)cs2)cc1. The van der Waals surface area contributed by atoms with Crippen LogP contribution in [0.4, 0.5) is 10.8 Å². The second-order valence-electron chi connectivity index (χ2n) is 4.66. The van der Waals surface area contributed by atoms with Gasteiger partial charge in [-0.25, -0.2) is 21.8 Å². The van der Waals surface area contributed by atoms with Gasteiger partial charge in [-0.2, -0.15) is 0 Å². The predicted molar refractivity (Wildman–Crippen MR) is 99.5 cm³/mol. The van der Waals surface area contributed by atoms with Gasteiger partial charge in [-0.15, -0.1) is 22.7 Å². The third-order valence-electron chi connectivity index (χ3n) is 2.88. The third kappa shape index (κ3) is 4.30. The van der Waals surface area contributed by atoms with Crippen LogP contribution in [0.2, 0.25) is 5.02 Å². The Labute approximate surface area is 157 Å². The van der Waals surface area contributed by atoms with Gasteiger partial charge in [-0.1, -0.05) is 11.6 Å². The zero-order valence-electron chi connectivity index (χ0n) is 12.2. The van der Waals surface area contributed by atoms with E-state index in [4.69, 9.17) is 11.6 Å². The van der Waals surface area contributed by atoms with Crippen LogP contribution in [-0.4, -0.2) is 21.8 Å². The number of thiazole rings is 1. The standard InChI is InChI=1S/C13H10ClN3O4S4/c14-9-7-12(23-8-9)25(20,21)16-10-1-3-11(4-2-10)24(18,19)17-13-15-5-6-22-13/h1-8,16H,(H,15,17). The number of benzene rings is 1. The molecule has 12 heteroatoms. The summed E-state index contributed by atoms with van der Waals surface area (Å²) in [6.45, 7) is 0. The van der Waals surface area contributed by atoms with Crippen LogP contribution in [0.3, 0.4) is 0 Å². The minimum absolute atomic E-state index is 0.00943. The summed E-state index contributed by atoms with van der Waals surface area (Å²) < 4.78 is 53.6. The van der Waals surface area contributed by atoms with Crippen molar-refractivity contribution in [1.29, 1.82) is 0 Å². The van der Waals surface area contributed by atoms with Crippen LogP contribution in [0.25, 0.3) is 0 Å². The smallest absolute Gasteiger partial charge is 0.271 e. The summed E-state index contributed by atoms with van der Waals surface area (Å²) in [5, 5.41) is 3.74. The molecule has 0 saturated carbocycles. The number of hydrogen-bond acceptors (Lipinski definition) is 7. The van der Waals surface area contributed by atoms with Crippen molar-refractivity contribution in [2.45, 2.75) is 9.10 Å². The van der Waals surface area contributed by atoms with E-state index in [0.29, 0.717) is 5.02 Å². The van der Waals surface area contributed by atoms with Crippen LogP contribution >= 0.6 is 34.3 Å². The lowest BCUT2D eigenvalue weighted by Gasteiger charge is -2.08. The topological polar surface area (TPSA) is 105 Å². The number of aromatic nitrogens is 1. The summed E-state index contributed by atoms with van der Waals surface area (Å²) in [5.41, 5.74) is 0.234. The molecule has 132 valence electrons. The third-order valence-corrected chi connectivity index (χ3v) is 8.22. The predicted octanol–water partition coefficient (Wildman–Crippen LogP) is 3.46. The fraction of sp³-hybridized carbons (Fsp3) is 0. The van der Waals surface area contributed by atoms with E-state index in [2.05, 4.69) is 14.4 Å². The highest BCUT2D eigenvalue weighted by Gasteiger charge is 2.18. The maximum absolute atomic E-state index is 12.2. The molecule has 2 heterocycles. The summed E-state index contributed by atoms with van der Waals surface area (Å²) in [6.07, 6.45) is 1.48. The maximum atomic E-state index is 12.2. The lowest BCUT2D eigenvalue weighted by Crippen LogP contribution is -2.14. The van der Waals surface area contributed by atoms with Crippen molar-refractivity contribution in [2.75, 3.05) is 9.44 Å². The van der Waals surface area contributed by atoms with Crippen molar-refractivity contribution >= 4 is 65.1 Å². The van der Waals surface area contributed by atoms with Gasteiger partial charge in [0.15, 0.2) is 5.13 Å². The lowest BCUT2D eigenvalue weighted by molar-refractivity contribution is 0.600. The zero-order valence-corrected chi connectivity index (χ0v) is 16.2. The van der Waals surface area contributed by atoms with Crippen LogP contribution in [0.5, 0.6) is 0 Å². The van der Waals surface area contributed by atoms with Crippen LogP contribution in [-0.2, 0) is 20.0 Å². The summed E-state index contributed by atoms with van der Waals surface area (Å²) in [5.74, 6) is 0. The number of rotatable bonds is 6. The molecule has 0 atom stereocenters. The van der Waals surface area contributed by atoms with E-state index in [1.807, 2.05) is 0 Å². The molecule has 1 aromatic carbocycles. The number of nitrogens with one attached hydrogen (secondary N) is 2. The molecule has 25 heavy (non-hydrogen) atoms. The molecule has 0 unspecified atom stereocenters. The van der Waals surface area contributed by atoms with Crippen molar-refractivity contribution in [2.24, 2.45) is 0 Å². The monoisotopic (exact) mass is 435 g/mol. The number of hydrogen-bond donors (Lipinski definition) is 2. The van der Waals surface area contributed by atoms with Crippen molar-refractivity contribution < 1.29 is 16.8 Å². The van der Waals surface area contributed by atoms with Crippen LogP contribution < -0.4 is 9.44 Å². The minimum atomic E-state index is -3.79. The van der Waals surface area contributed by atoms with Crippen molar-refractivity contribution in [3.8, 4) is 0 Å². The van der Waals surface area contributed by atoms with Gasteiger partial charge in [0.2, 0.25) is 0 Å². The van der Waals surface area contributed by atoms with E-state index in [1.54, 1.807) is 5.38 Å². The summed E-state index contributed by atoms with van der Waals surface area (Å²) >= 11 is 7.88. The highest BCUT2D eigenvalue weighted by atomic mass is 35.5. The fourth-order valence-corrected chi connectivity index (χ4v) is 6.05. The molecular formula is C13H10ClN3O4S4. The first-order chi connectivity index (χ1) is 11.8. The van der Waals surface area contributed by atoms with Gasteiger partial charge in [-0.05, 0) is 30.3 Å². The molecule has 0 bridgehead atoms. The Morgan fingerprint density at radius 3 is 2.24 bits per heavy atom. The van der Waals surface area contributed by atoms with Gasteiger partial charge in [0.25, 0.3) is 20.0 Å². The molecule has 0 fully saturated rings. The molecule has 0 aliphatic rings. The van der Waals surface area contributed by atoms with Crippen LogP contribution in [0, 0.1) is 0 Å². The van der Waals surface area contributed by atoms with Gasteiger partial charge in [0.1, 0.15) is 4.21 Å². The van der Waals surface area contributed by atoms with Gasteiger partial charge >= 0.3 is 0 Å².